The Morgan fingerprint density at radius 3 is 2.88 bits per heavy atom. The Labute approximate surface area is 103 Å². The first-order valence-electron chi connectivity index (χ1n) is 5.01. The maximum Gasteiger partial charge on any atom is 0.316 e. The second-order valence-electron chi connectivity index (χ2n) is 3.26. The van der Waals surface area contributed by atoms with E-state index in [0.717, 1.165) is 5.56 Å². The predicted octanol–water partition coefficient (Wildman–Crippen LogP) is 2.61. The van der Waals surface area contributed by atoms with Gasteiger partial charge in [0.05, 0.1) is 12.9 Å². The van der Waals surface area contributed by atoms with Gasteiger partial charge >= 0.3 is 5.97 Å². The normalized spacial score (nSPS) is 10.2. The molecule has 0 atom stereocenters. The smallest absolute Gasteiger partial charge is 0.316 e. The number of rotatable bonds is 4. The van der Waals surface area contributed by atoms with Crippen molar-refractivity contribution in [3.05, 3.63) is 36.4 Å². The Hall–Kier alpha value is -1.75. The van der Waals surface area contributed by atoms with E-state index in [1.807, 2.05) is 36.4 Å². The average molecular weight is 249 g/mol. The highest BCUT2D eigenvalue weighted by molar-refractivity contribution is 7.99. The minimum Gasteiger partial charge on any atom is -0.468 e. The molecule has 0 aliphatic heterocycles. The molecular formula is C12H11NO3S. The van der Waals surface area contributed by atoms with Crippen LogP contribution in [0, 0.1) is 0 Å². The largest absolute Gasteiger partial charge is 0.468 e. The van der Waals surface area contributed by atoms with Gasteiger partial charge in [-0.3, -0.25) is 4.79 Å². The van der Waals surface area contributed by atoms with Gasteiger partial charge in [0.15, 0.2) is 5.76 Å². The molecule has 17 heavy (non-hydrogen) atoms. The van der Waals surface area contributed by atoms with Crippen LogP contribution in [0.25, 0.3) is 11.3 Å². The fourth-order valence-corrected chi connectivity index (χ4v) is 1.92. The highest BCUT2D eigenvalue weighted by atomic mass is 32.2. The molecule has 2 rings (SSSR count). The van der Waals surface area contributed by atoms with E-state index in [9.17, 15) is 4.79 Å². The van der Waals surface area contributed by atoms with Crippen molar-refractivity contribution in [1.29, 1.82) is 0 Å². The summed E-state index contributed by atoms with van der Waals surface area (Å²) in [5.74, 6) is 0.647. The molecule has 0 aliphatic carbocycles. The zero-order valence-corrected chi connectivity index (χ0v) is 10.1. The number of hydrogen-bond acceptors (Lipinski definition) is 5. The quantitative estimate of drug-likeness (QED) is 0.615. The maximum absolute atomic E-state index is 11.0. The lowest BCUT2D eigenvalue weighted by Gasteiger charge is -1.94. The molecule has 0 saturated carbocycles. The van der Waals surface area contributed by atoms with E-state index in [2.05, 4.69) is 9.89 Å². The molecule has 1 aromatic carbocycles. The molecule has 4 nitrogen and oxygen atoms in total. The van der Waals surface area contributed by atoms with Gasteiger partial charge in [-0.05, 0) is 0 Å². The molecule has 1 aromatic heterocycles. The molecule has 0 aliphatic rings. The summed E-state index contributed by atoms with van der Waals surface area (Å²) >= 11 is 1.29. The number of carbonyl (C=O) groups is 1. The third-order valence-electron chi connectivity index (χ3n) is 2.11. The zero-order chi connectivity index (χ0) is 12.1. The van der Waals surface area contributed by atoms with Crippen molar-refractivity contribution in [3.63, 3.8) is 0 Å². The van der Waals surface area contributed by atoms with E-state index >= 15 is 0 Å². The lowest BCUT2D eigenvalue weighted by atomic mass is 10.2. The highest BCUT2D eigenvalue weighted by Crippen LogP contribution is 2.24. The third-order valence-corrected chi connectivity index (χ3v) is 2.98. The van der Waals surface area contributed by atoms with E-state index in [-0.39, 0.29) is 11.7 Å². The number of nitrogens with zero attached hydrogens (tertiary/aromatic N) is 1. The molecule has 1 heterocycles. The summed E-state index contributed by atoms with van der Waals surface area (Å²) in [5.41, 5.74) is 0.963. The fourth-order valence-electron chi connectivity index (χ4n) is 1.26. The molecule has 5 heteroatoms. The maximum atomic E-state index is 11.0. The van der Waals surface area contributed by atoms with Crippen molar-refractivity contribution in [3.8, 4) is 11.3 Å². The second kappa shape index (κ2) is 5.54. The summed E-state index contributed by atoms with van der Waals surface area (Å²) in [4.78, 5) is 11.0. The van der Waals surface area contributed by atoms with E-state index in [0.29, 0.717) is 10.8 Å². The molecule has 0 N–H and O–H groups in total. The van der Waals surface area contributed by atoms with Crippen LogP contribution < -0.4 is 0 Å². The van der Waals surface area contributed by atoms with E-state index in [1.165, 1.54) is 18.9 Å². The Morgan fingerprint density at radius 1 is 1.41 bits per heavy atom. The Kier molecular flexibility index (Phi) is 3.82. The minimum absolute atomic E-state index is 0.233. The number of benzene rings is 1. The molecule has 0 saturated heterocycles. The number of thioether (sulfide) groups is 1. The van der Waals surface area contributed by atoms with Crippen LogP contribution in [0.2, 0.25) is 0 Å². The molecule has 88 valence electrons. The van der Waals surface area contributed by atoms with Crippen LogP contribution in [0.4, 0.5) is 0 Å². The summed E-state index contributed by atoms with van der Waals surface area (Å²) < 4.78 is 9.74. The first kappa shape index (κ1) is 11.7. The molecule has 0 amide bonds. The van der Waals surface area contributed by atoms with Gasteiger partial charge in [-0.15, -0.1) is 0 Å². The first-order valence-corrected chi connectivity index (χ1v) is 6.00. The van der Waals surface area contributed by atoms with Gasteiger partial charge in [-0.25, -0.2) is 0 Å². The first-order chi connectivity index (χ1) is 8.29. The molecular weight excluding hydrogens is 238 g/mol. The average Bonchev–Trinajstić information content (AvgIpc) is 2.86. The molecule has 0 fully saturated rings. The van der Waals surface area contributed by atoms with E-state index in [1.54, 1.807) is 0 Å². The summed E-state index contributed by atoms with van der Waals surface area (Å²) in [7, 11) is 1.36. The zero-order valence-electron chi connectivity index (χ0n) is 9.25. The predicted molar refractivity (Wildman–Crippen MR) is 64.7 cm³/mol. The van der Waals surface area contributed by atoms with Crippen molar-refractivity contribution in [1.82, 2.24) is 5.16 Å². The van der Waals surface area contributed by atoms with Crippen LogP contribution >= 0.6 is 11.8 Å². The van der Waals surface area contributed by atoms with Gasteiger partial charge in [0.2, 0.25) is 0 Å². The lowest BCUT2D eigenvalue weighted by molar-refractivity contribution is -0.137. The Balaban J connectivity index is 2.04. The lowest BCUT2D eigenvalue weighted by Crippen LogP contribution is -2.02. The standard InChI is InChI=1S/C12H11NO3S/c1-15-12(14)8-17-11-7-10(16-13-11)9-5-3-2-4-6-9/h2-7H,8H2,1H3. The van der Waals surface area contributed by atoms with Crippen molar-refractivity contribution in [2.45, 2.75) is 5.03 Å². The van der Waals surface area contributed by atoms with Crippen molar-refractivity contribution in [2.24, 2.45) is 0 Å². The Morgan fingerprint density at radius 2 is 2.18 bits per heavy atom. The monoisotopic (exact) mass is 249 g/mol. The van der Waals surface area contributed by atoms with Crippen LogP contribution in [-0.2, 0) is 9.53 Å². The Bertz CT molecular complexity index is 495. The summed E-state index contributed by atoms with van der Waals surface area (Å²) in [6, 6.07) is 11.5. The summed E-state index contributed by atoms with van der Waals surface area (Å²) in [6.07, 6.45) is 0. The van der Waals surface area contributed by atoms with Gasteiger partial charge in [0.1, 0.15) is 5.03 Å². The van der Waals surface area contributed by atoms with E-state index < -0.39 is 0 Å². The fraction of sp³-hybridized carbons (Fsp3) is 0.167. The number of ether oxygens (including phenoxy) is 1. The molecule has 0 spiro atoms. The minimum atomic E-state index is -0.278. The van der Waals surface area contributed by atoms with Gasteiger partial charge < -0.3 is 9.26 Å². The van der Waals surface area contributed by atoms with Crippen molar-refractivity contribution < 1.29 is 14.1 Å². The van der Waals surface area contributed by atoms with Gasteiger partial charge in [0.25, 0.3) is 0 Å². The summed E-state index contributed by atoms with van der Waals surface area (Å²) in [6.45, 7) is 0. The molecule has 0 unspecified atom stereocenters. The van der Waals surface area contributed by atoms with Crippen molar-refractivity contribution >= 4 is 17.7 Å². The molecule has 0 bridgehead atoms. The number of carbonyl (C=O) groups excluding carboxylic acids is 1. The van der Waals surface area contributed by atoms with Gasteiger partial charge in [-0.1, -0.05) is 47.3 Å². The van der Waals surface area contributed by atoms with Gasteiger partial charge in [-0.2, -0.15) is 0 Å². The van der Waals surface area contributed by atoms with Crippen LogP contribution in [0.3, 0.4) is 0 Å². The van der Waals surface area contributed by atoms with Crippen LogP contribution in [0.5, 0.6) is 0 Å². The number of methoxy groups -OCH3 is 1. The highest BCUT2D eigenvalue weighted by Gasteiger charge is 2.08. The second-order valence-corrected chi connectivity index (χ2v) is 4.26. The van der Waals surface area contributed by atoms with E-state index in [4.69, 9.17) is 4.52 Å². The van der Waals surface area contributed by atoms with Crippen LogP contribution in [0.1, 0.15) is 0 Å². The SMILES string of the molecule is COC(=O)CSc1cc(-c2ccccc2)on1. The number of aromatic nitrogens is 1. The number of hydrogen-bond donors (Lipinski definition) is 0. The number of esters is 1. The molecule has 2 aromatic rings. The van der Waals surface area contributed by atoms with Crippen LogP contribution in [0.15, 0.2) is 45.9 Å². The summed E-state index contributed by atoms with van der Waals surface area (Å²) in [5, 5.41) is 4.55. The van der Waals surface area contributed by atoms with Crippen molar-refractivity contribution in [2.75, 3.05) is 12.9 Å². The molecule has 0 radical (unpaired) electrons. The van der Waals surface area contributed by atoms with Gasteiger partial charge in [0, 0.05) is 11.6 Å². The third kappa shape index (κ3) is 3.10. The van der Waals surface area contributed by atoms with Crippen LogP contribution in [-0.4, -0.2) is 24.0 Å². The topological polar surface area (TPSA) is 52.3 Å².